The van der Waals surface area contributed by atoms with Crippen LogP contribution in [-0.2, 0) is 20.9 Å². The molecule has 0 fully saturated rings. The standard InChI is InChI=1S/C15H17N3O5/c1-2-8-16-12(19)10-22-13(20)9-18-15(21)23-14(17-18)11-6-4-3-5-7-11/h3-7H,2,8-10H2,1H3,(H,16,19). The first-order valence-electron chi connectivity index (χ1n) is 7.16. The molecule has 8 nitrogen and oxygen atoms in total. The first-order valence-corrected chi connectivity index (χ1v) is 7.16. The maximum atomic E-state index is 11.7. The van der Waals surface area contributed by atoms with Crippen LogP contribution in [0.15, 0.2) is 39.5 Å². The van der Waals surface area contributed by atoms with E-state index in [0.29, 0.717) is 12.1 Å². The molecule has 1 amide bonds. The second kappa shape index (κ2) is 7.92. The van der Waals surface area contributed by atoms with E-state index in [9.17, 15) is 14.4 Å². The van der Waals surface area contributed by atoms with Crippen LogP contribution in [0.25, 0.3) is 11.5 Å². The largest absolute Gasteiger partial charge is 0.454 e. The van der Waals surface area contributed by atoms with Crippen molar-refractivity contribution in [2.24, 2.45) is 0 Å². The van der Waals surface area contributed by atoms with Crippen LogP contribution in [0.4, 0.5) is 0 Å². The average molecular weight is 319 g/mol. The Balaban J connectivity index is 1.93. The van der Waals surface area contributed by atoms with Crippen molar-refractivity contribution >= 4 is 11.9 Å². The van der Waals surface area contributed by atoms with E-state index in [0.717, 1.165) is 11.1 Å². The van der Waals surface area contributed by atoms with Gasteiger partial charge in [0.15, 0.2) is 6.61 Å². The fourth-order valence-electron chi connectivity index (χ4n) is 1.73. The van der Waals surface area contributed by atoms with E-state index in [4.69, 9.17) is 9.15 Å². The summed E-state index contributed by atoms with van der Waals surface area (Å²) in [4.78, 5) is 34.6. The summed E-state index contributed by atoms with van der Waals surface area (Å²) in [7, 11) is 0. The summed E-state index contributed by atoms with van der Waals surface area (Å²) in [6.07, 6.45) is 0.788. The minimum absolute atomic E-state index is 0.115. The van der Waals surface area contributed by atoms with Gasteiger partial charge in [-0.2, -0.15) is 4.68 Å². The molecule has 0 aliphatic rings. The van der Waals surface area contributed by atoms with E-state index in [-0.39, 0.29) is 5.89 Å². The number of hydrogen-bond acceptors (Lipinski definition) is 6. The molecular formula is C15H17N3O5. The van der Waals surface area contributed by atoms with Gasteiger partial charge in [0.2, 0.25) is 5.89 Å². The summed E-state index contributed by atoms with van der Waals surface area (Å²) in [5, 5.41) is 6.50. The van der Waals surface area contributed by atoms with Crippen molar-refractivity contribution in [1.82, 2.24) is 15.1 Å². The first-order chi connectivity index (χ1) is 11.1. The van der Waals surface area contributed by atoms with Crippen LogP contribution in [0.1, 0.15) is 13.3 Å². The molecule has 0 atom stereocenters. The van der Waals surface area contributed by atoms with Gasteiger partial charge in [0.05, 0.1) is 0 Å². The van der Waals surface area contributed by atoms with Crippen LogP contribution in [0.2, 0.25) is 0 Å². The molecule has 2 aromatic rings. The van der Waals surface area contributed by atoms with Crippen LogP contribution in [0.3, 0.4) is 0 Å². The molecule has 122 valence electrons. The summed E-state index contributed by atoms with van der Waals surface area (Å²) in [5.41, 5.74) is 0.621. The maximum absolute atomic E-state index is 11.7. The Morgan fingerprint density at radius 3 is 2.74 bits per heavy atom. The average Bonchev–Trinajstić information content (AvgIpc) is 2.92. The molecule has 1 aromatic heterocycles. The quantitative estimate of drug-likeness (QED) is 0.748. The fourth-order valence-corrected chi connectivity index (χ4v) is 1.73. The van der Waals surface area contributed by atoms with Gasteiger partial charge in [-0.15, -0.1) is 5.10 Å². The van der Waals surface area contributed by atoms with Crippen molar-refractivity contribution in [3.63, 3.8) is 0 Å². The third kappa shape index (κ3) is 4.80. The normalized spacial score (nSPS) is 10.3. The lowest BCUT2D eigenvalue weighted by Gasteiger charge is -2.04. The second-order valence-corrected chi connectivity index (χ2v) is 4.71. The molecule has 1 heterocycles. The zero-order valence-electron chi connectivity index (χ0n) is 12.7. The molecule has 8 heteroatoms. The monoisotopic (exact) mass is 319 g/mol. The van der Waals surface area contributed by atoms with Gasteiger partial charge in [0.25, 0.3) is 5.91 Å². The van der Waals surface area contributed by atoms with E-state index in [1.165, 1.54) is 0 Å². The summed E-state index contributed by atoms with van der Waals surface area (Å²) in [5.74, 6) is -1.79. The van der Waals surface area contributed by atoms with Crippen molar-refractivity contribution in [2.45, 2.75) is 19.9 Å². The Morgan fingerprint density at radius 2 is 2.04 bits per heavy atom. The van der Waals surface area contributed by atoms with E-state index in [1.807, 2.05) is 13.0 Å². The van der Waals surface area contributed by atoms with Gasteiger partial charge in [-0.1, -0.05) is 25.1 Å². The summed E-state index contributed by atoms with van der Waals surface area (Å²) in [6, 6.07) is 8.83. The predicted molar refractivity (Wildman–Crippen MR) is 80.5 cm³/mol. The minimum atomic E-state index is -0.767. The number of nitrogens with zero attached hydrogens (tertiary/aromatic N) is 2. The van der Waals surface area contributed by atoms with Gasteiger partial charge in [0, 0.05) is 12.1 Å². The SMILES string of the molecule is CCCNC(=O)COC(=O)Cn1nc(-c2ccccc2)oc1=O. The Morgan fingerprint density at radius 1 is 1.30 bits per heavy atom. The van der Waals surface area contributed by atoms with Gasteiger partial charge in [-0.3, -0.25) is 9.59 Å². The van der Waals surface area contributed by atoms with E-state index in [2.05, 4.69) is 10.4 Å². The first kappa shape index (κ1) is 16.5. The zero-order valence-corrected chi connectivity index (χ0v) is 12.7. The molecule has 0 bridgehead atoms. The van der Waals surface area contributed by atoms with Crippen molar-refractivity contribution in [3.05, 3.63) is 40.9 Å². The molecule has 2 rings (SSSR count). The molecule has 23 heavy (non-hydrogen) atoms. The third-order valence-electron chi connectivity index (χ3n) is 2.84. The topological polar surface area (TPSA) is 103 Å². The highest BCUT2D eigenvalue weighted by molar-refractivity contribution is 5.80. The third-order valence-corrected chi connectivity index (χ3v) is 2.84. The van der Waals surface area contributed by atoms with Crippen LogP contribution in [0, 0.1) is 0 Å². The number of rotatable bonds is 7. The van der Waals surface area contributed by atoms with Crippen LogP contribution >= 0.6 is 0 Å². The lowest BCUT2D eigenvalue weighted by molar-refractivity contribution is -0.149. The lowest BCUT2D eigenvalue weighted by atomic mass is 10.2. The van der Waals surface area contributed by atoms with E-state index < -0.39 is 30.8 Å². The molecule has 0 saturated carbocycles. The molecular weight excluding hydrogens is 302 g/mol. The number of ether oxygens (including phenoxy) is 1. The van der Waals surface area contributed by atoms with Gasteiger partial charge >= 0.3 is 11.7 Å². The van der Waals surface area contributed by atoms with Crippen molar-refractivity contribution < 1.29 is 18.7 Å². The molecule has 0 aliphatic heterocycles. The van der Waals surface area contributed by atoms with Gasteiger partial charge in [0.1, 0.15) is 6.54 Å². The number of hydrogen-bond donors (Lipinski definition) is 1. The van der Waals surface area contributed by atoms with Crippen molar-refractivity contribution in [2.75, 3.05) is 13.2 Å². The Labute approximate surface area is 132 Å². The summed E-state index contributed by atoms with van der Waals surface area (Å²) in [6.45, 7) is 1.61. The molecule has 0 aliphatic carbocycles. The van der Waals surface area contributed by atoms with Crippen LogP contribution in [-0.4, -0.2) is 34.8 Å². The maximum Gasteiger partial charge on any atom is 0.437 e. The number of benzene rings is 1. The Hall–Kier alpha value is -2.90. The van der Waals surface area contributed by atoms with Crippen molar-refractivity contribution in [1.29, 1.82) is 0 Å². The number of amides is 1. The minimum Gasteiger partial charge on any atom is -0.454 e. The highest BCUT2D eigenvalue weighted by Gasteiger charge is 2.14. The Kier molecular flexibility index (Phi) is 5.67. The molecule has 1 N–H and O–H groups in total. The smallest absolute Gasteiger partial charge is 0.437 e. The van der Waals surface area contributed by atoms with Gasteiger partial charge < -0.3 is 14.5 Å². The number of esters is 1. The fraction of sp³-hybridized carbons (Fsp3) is 0.333. The highest BCUT2D eigenvalue weighted by atomic mass is 16.5. The lowest BCUT2D eigenvalue weighted by Crippen LogP contribution is -2.31. The molecule has 0 spiro atoms. The van der Waals surface area contributed by atoms with Crippen LogP contribution in [0.5, 0.6) is 0 Å². The highest BCUT2D eigenvalue weighted by Crippen LogP contribution is 2.13. The number of aromatic nitrogens is 2. The van der Waals surface area contributed by atoms with Crippen LogP contribution < -0.4 is 11.1 Å². The van der Waals surface area contributed by atoms with E-state index >= 15 is 0 Å². The summed E-state index contributed by atoms with van der Waals surface area (Å²) < 4.78 is 10.6. The second-order valence-electron chi connectivity index (χ2n) is 4.71. The summed E-state index contributed by atoms with van der Waals surface area (Å²) >= 11 is 0. The van der Waals surface area contributed by atoms with E-state index in [1.54, 1.807) is 24.3 Å². The van der Waals surface area contributed by atoms with Gasteiger partial charge in [-0.25, -0.2) is 4.79 Å². The number of carbonyl (C=O) groups excluding carboxylic acids is 2. The van der Waals surface area contributed by atoms with Gasteiger partial charge in [-0.05, 0) is 18.6 Å². The van der Waals surface area contributed by atoms with Crippen molar-refractivity contribution in [3.8, 4) is 11.5 Å². The zero-order chi connectivity index (χ0) is 16.7. The predicted octanol–water partition coefficient (Wildman–Crippen LogP) is 0.573. The molecule has 1 aromatic carbocycles. The number of carbonyl (C=O) groups is 2. The molecule has 0 saturated heterocycles. The molecule has 0 unspecified atom stereocenters. The molecule has 0 radical (unpaired) electrons. The Bertz CT molecular complexity index is 720. The number of nitrogens with one attached hydrogen (secondary N) is 1.